The van der Waals surface area contributed by atoms with Crippen LogP contribution in [0.25, 0.3) is 0 Å². The lowest BCUT2D eigenvalue weighted by Gasteiger charge is -2.19. The monoisotopic (exact) mass is 277 g/mol. The minimum Gasteiger partial charge on any atom is -0.497 e. The van der Waals surface area contributed by atoms with Crippen molar-refractivity contribution in [3.63, 3.8) is 0 Å². The minimum atomic E-state index is -0.250. The third-order valence-electron chi connectivity index (χ3n) is 3.67. The fourth-order valence-electron chi connectivity index (χ4n) is 2.56. The smallest absolute Gasteiger partial charge is 0.305 e. The van der Waals surface area contributed by atoms with Crippen molar-refractivity contribution in [3.05, 3.63) is 29.8 Å². The van der Waals surface area contributed by atoms with Gasteiger partial charge in [-0.1, -0.05) is 12.1 Å². The topological polar surface area (TPSA) is 64.6 Å². The van der Waals surface area contributed by atoms with Gasteiger partial charge in [0.25, 0.3) is 0 Å². The van der Waals surface area contributed by atoms with Crippen molar-refractivity contribution in [2.75, 3.05) is 14.2 Å². The fraction of sp³-hybridized carbons (Fsp3) is 0.467. The van der Waals surface area contributed by atoms with Crippen molar-refractivity contribution >= 4 is 11.9 Å². The second-order valence-electron chi connectivity index (χ2n) is 4.87. The van der Waals surface area contributed by atoms with Gasteiger partial charge in [-0.25, -0.2) is 0 Å². The van der Waals surface area contributed by atoms with Gasteiger partial charge in [-0.2, -0.15) is 0 Å². The van der Waals surface area contributed by atoms with Crippen LogP contribution < -0.4 is 10.1 Å². The van der Waals surface area contributed by atoms with Gasteiger partial charge in [0.1, 0.15) is 5.75 Å². The average molecular weight is 277 g/mol. The van der Waals surface area contributed by atoms with E-state index in [2.05, 4.69) is 10.1 Å². The molecule has 1 aromatic carbocycles. The van der Waals surface area contributed by atoms with Gasteiger partial charge in [0.05, 0.1) is 14.2 Å². The Morgan fingerprint density at radius 3 is 2.60 bits per heavy atom. The zero-order chi connectivity index (χ0) is 14.5. The minimum absolute atomic E-state index is 0.0185. The highest BCUT2D eigenvalue weighted by Gasteiger charge is 2.33. The molecule has 0 radical (unpaired) electrons. The first-order valence-corrected chi connectivity index (χ1v) is 6.64. The molecular formula is C15H19NO4. The molecular weight excluding hydrogens is 258 g/mol. The molecule has 0 saturated carbocycles. The first-order chi connectivity index (χ1) is 9.63. The van der Waals surface area contributed by atoms with Gasteiger partial charge < -0.3 is 14.8 Å². The largest absolute Gasteiger partial charge is 0.497 e. The normalized spacial score (nSPS) is 21.4. The summed E-state index contributed by atoms with van der Waals surface area (Å²) in [7, 11) is 2.99. The van der Waals surface area contributed by atoms with Gasteiger partial charge in [-0.15, -0.1) is 0 Å². The van der Waals surface area contributed by atoms with Gasteiger partial charge in [0.2, 0.25) is 5.91 Å². The number of amides is 1. The highest BCUT2D eigenvalue weighted by Crippen LogP contribution is 2.31. The van der Waals surface area contributed by atoms with Crippen molar-refractivity contribution < 1.29 is 19.1 Å². The summed E-state index contributed by atoms with van der Waals surface area (Å²) in [6, 6.07) is 7.68. The molecule has 1 heterocycles. The molecule has 5 heteroatoms. The number of nitrogens with one attached hydrogen (secondary N) is 1. The Bertz CT molecular complexity index is 483. The van der Waals surface area contributed by atoms with Gasteiger partial charge in [0, 0.05) is 24.8 Å². The van der Waals surface area contributed by atoms with E-state index in [0.717, 1.165) is 11.3 Å². The highest BCUT2D eigenvalue weighted by molar-refractivity contribution is 5.80. The quantitative estimate of drug-likeness (QED) is 0.831. The van der Waals surface area contributed by atoms with Crippen LogP contribution in [0.2, 0.25) is 0 Å². The lowest BCUT2D eigenvalue weighted by atomic mass is 9.89. The van der Waals surface area contributed by atoms with Crippen molar-refractivity contribution in [3.8, 4) is 5.75 Å². The summed E-state index contributed by atoms with van der Waals surface area (Å²) in [5, 5.41) is 2.93. The second kappa shape index (κ2) is 6.41. The zero-order valence-electron chi connectivity index (χ0n) is 11.7. The molecule has 1 aliphatic heterocycles. The third-order valence-corrected chi connectivity index (χ3v) is 3.67. The van der Waals surface area contributed by atoms with E-state index in [4.69, 9.17) is 4.74 Å². The fourth-order valence-corrected chi connectivity index (χ4v) is 2.56. The summed E-state index contributed by atoms with van der Waals surface area (Å²) in [6.45, 7) is 0. The summed E-state index contributed by atoms with van der Waals surface area (Å²) >= 11 is 0. The molecule has 1 saturated heterocycles. The molecule has 0 aliphatic carbocycles. The molecule has 1 N–H and O–H groups in total. The predicted octanol–water partition coefficient (Wildman–Crippen LogP) is 1.62. The number of esters is 1. The van der Waals surface area contributed by atoms with Crippen LogP contribution in [0.1, 0.15) is 30.7 Å². The Morgan fingerprint density at radius 2 is 2.00 bits per heavy atom. The molecule has 1 fully saturated rings. The van der Waals surface area contributed by atoms with E-state index in [1.54, 1.807) is 7.11 Å². The first kappa shape index (κ1) is 14.4. The van der Waals surface area contributed by atoms with E-state index in [9.17, 15) is 9.59 Å². The maximum Gasteiger partial charge on any atom is 0.305 e. The summed E-state index contributed by atoms with van der Waals surface area (Å²) < 4.78 is 9.77. The molecule has 2 atom stereocenters. The number of methoxy groups -OCH3 is 2. The Hall–Kier alpha value is -2.04. The van der Waals surface area contributed by atoms with Gasteiger partial charge in [-0.3, -0.25) is 9.59 Å². The maximum atomic E-state index is 11.6. The van der Waals surface area contributed by atoms with Crippen molar-refractivity contribution in [1.29, 1.82) is 0 Å². The molecule has 108 valence electrons. The van der Waals surface area contributed by atoms with Crippen LogP contribution in [0.3, 0.4) is 0 Å². The standard InChI is InChI=1S/C15H19NO4/c1-19-11-5-3-10(4-6-11)12-9-14(17)16-13(12)7-8-15(18)20-2/h3-6,12-13H,7-9H2,1-2H3,(H,16,17). The summed E-state index contributed by atoms with van der Waals surface area (Å²) in [5.74, 6) is 0.663. The Morgan fingerprint density at radius 1 is 1.30 bits per heavy atom. The molecule has 20 heavy (non-hydrogen) atoms. The number of ether oxygens (including phenoxy) is 2. The summed E-state index contributed by atoms with van der Waals surface area (Å²) in [4.78, 5) is 22.8. The number of rotatable bonds is 5. The van der Waals surface area contributed by atoms with Crippen molar-refractivity contribution in [2.45, 2.75) is 31.2 Å². The number of carbonyl (C=O) groups excluding carboxylic acids is 2. The molecule has 0 spiro atoms. The average Bonchev–Trinajstić information content (AvgIpc) is 2.85. The van der Waals surface area contributed by atoms with Crippen LogP contribution in [-0.2, 0) is 14.3 Å². The number of hydrogen-bond acceptors (Lipinski definition) is 4. The van der Waals surface area contributed by atoms with Crippen LogP contribution in [-0.4, -0.2) is 32.1 Å². The molecule has 5 nitrogen and oxygen atoms in total. The summed E-state index contributed by atoms with van der Waals surface area (Å²) in [5.41, 5.74) is 1.08. The highest BCUT2D eigenvalue weighted by atomic mass is 16.5. The predicted molar refractivity (Wildman–Crippen MR) is 73.5 cm³/mol. The molecule has 1 amide bonds. The molecule has 0 aromatic heterocycles. The van der Waals surface area contributed by atoms with Crippen LogP contribution in [0.4, 0.5) is 0 Å². The molecule has 1 aliphatic rings. The third kappa shape index (κ3) is 3.29. The van der Waals surface area contributed by atoms with E-state index in [1.165, 1.54) is 7.11 Å². The maximum absolute atomic E-state index is 11.6. The lowest BCUT2D eigenvalue weighted by molar-refractivity contribution is -0.140. The number of benzene rings is 1. The molecule has 1 aromatic rings. The molecule has 2 rings (SSSR count). The van der Waals surface area contributed by atoms with Gasteiger partial charge in [-0.05, 0) is 24.1 Å². The summed E-state index contributed by atoms with van der Waals surface area (Å²) in [6.07, 6.45) is 1.36. The Labute approximate surface area is 118 Å². The SMILES string of the molecule is COC(=O)CCC1NC(=O)CC1c1ccc(OC)cc1. The Kier molecular flexibility index (Phi) is 4.61. The van der Waals surface area contributed by atoms with E-state index in [-0.39, 0.29) is 23.8 Å². The Balaban J connectivity index is 2.06. The van der Waals surface area contributed by atoms with E-state index >= 15 is 0 Å². The van der Waals surface area contributed by atoms with E-state index in [0.29, 0.717) is 19.3 Å². The zero-order valence-corrected chi connectivity index (χ0v) is 11.7. The van der Waals surface area contributed by atoms with Gasteiger partial charge >= 0.3 is 5.97 Å². The van der Waals surface area contributed by atoms with Crippen LogP contribution in [0, 0.1) is 0 Å². The lowest BCUT2D eigenvalue weighted by Crippen LogP contribution is -2.29. The number of hydrogen-bond donors (Lipinski definition) is 1. The molecule has 2 unspecified atom stereocenters. The molecule has 0 bridgehead atoms. The van der Waals surface area contributed by atoms with Crippen LogP contribution >= 0.6 is 0 Å². The number of carbonyl (C=O) groups is 2. The van der Waals surface area contributed by atoms with Crippen LogP contribution in [0.5, 0.6) is 5.75 Å². The van der Waals surface area contributed by atoms with Crippen molar-refractivity contribution in [1.82, 2.24) is 5.32 Å². The van der Waals surface area contributed by atoms with Crippen LogP contribution in [0.15, 0.2) is 24.3 Å². The first-order valence-electron chi connectivity index (χ1n) is 6.64. The van der Waals surface area contributed by atoms with E-state index < -0.39 is 0 Å². The van der Waals surface area contributed by atoms with Gasteiger partial charge in [0.15, 0.2) is 0 Å². The van der Waals surface area contributed by atoms with Crippen molar-refractivity contribution in [2.24, 2.45) is 0 Å². The second-order valence-corrected chi connectivity index (χ2v) is 4.87. The van der Waals surface area contributed by atoms with E-state index in [1.807, 2.05) is 24.3 Å².